The normalized spacial score (nSPS) is 11.5. The van der Waals surface area contributed by atoms with Crippen molar-refractivity contribution in [1.29, 1.82) is 0 Å². The first-order valence-electron chi connectivity index (χ1n) is 9.17. The van der Waals surface area contributed by atoms with Gasteiger partial charge in [0.2, 0.25) is 0 Å². The number of nitrogens with one attached hydrogen (secondary N) is 1. The number of nitrogens with zero attached hydrogens (tertiary/aromatic N) is 2. The van der Waals surface area contributed by atoms with Gasteiger partial charge in [-0.15, -0.1) is 22.7 Å². The number of aromatic amines is 1. The Hall–Kier alpha value is -3.14. The van der Waals surface area contributed by atoms with Crippen molar-refractivity contribution in [3.8, 4) is 5.69 Å². The minimum Gasteiger partial charge on any atom is -0.477 e. The van der Waals surface area contributed by atoms with Crippen LogP contribution in [-0.4, -0.2) is 25.2 Å². The number of hydrogen-bond acceptors (Lipinski definition) is 5. The van der Waals surface area contributed by atoms with E-state index in [1.165, 1.54) is 22.7 Å². The van der Waals surface area contributed by atoms with Gasteiger partial charge in [-0.1, -0.05) is 23.2 Å². The fraction of sp³-hybridized carbons (Fsp3) is 0.0952. The van der Waals surface area contributed by atoms with E-state index in [9.17, 15) is 19.5 Å². The van der Waals surface area contributed by atoms with E-state index >= 15 is 0 Å². The highest BCUT2D eigenvalue weighted by molar-refractivity contribution is 7.16. The van der Waals surface area contributed by atoms with E-state index in [2.05, 4.69) is 4.98 Å². The third-order valence-corrected chi connectivity index (χ3v) is 7.06. The lowest BCUT2D eigenvalue weighted by molar-refractivity contribution is 0.0686. The van der Waals surface area contributed by atoms with Crippen molar-refractivity contribution in [2.24, 2.45) is 0 Å². The van der Waals surface area contributed by atoms with E-state index in [1.54, 1.807) is 33.5 Å². The zero-order valence-corrected chi connectivity index (χ0v) is 18.4. The maximum absolute atomic E-state index is 13.2. The molecule has 31 heavy (non-hydrogen) atoms. The molecule has 7 nitrogen and oxygen atoms in total. The third kappa shape index (κ3) is 3.13. The van der Waals surface area contributed by atoms with Crippen LogP contribution in [0.25, 0.3) is 27.5 Å². The summed E-state index contributed by atoms with van der Waals surface area (Å²) in [5.74, 6) is -1.23. The minimum absolute atomic E-state index is 0.0632. The van der Waals surface area contributed by atoms with Gasteiger partial charge < -0.3 is 14.7 Å². The van der Waals surface area contributed by atoms with Crippen LogP contribution in [0.5, 0.6) is 0 Å². The van der Waals surface area contributed by atoms with Crippen molar-refractivity contribution < 1.29 is 9.90 Å². The van der Waals surface area contributed by atoms with Crippen LogP contribution in [0.15, 0.2) is 50.7 Å². The van der Waals surface area contributed by atoms with Gasteiger partial charge in [0.1, 0.15) is 0 Å². The lowest BCUT2D eigenvalue weighted by Crippen LogP contribution is -2.34. The smallest absolute Gasteiger partial charge is 0.354 e. The summed E-state index contributed by atoms with van der Waals surface area (Å²) < 4.78 is 3.13. The molecule has 0 aliphatic rings. The van der Waals surface area contributed by atoms with Crippen molar-refractivity contribution in [3.63, 3.8) is 0 Å². The molecule has 2 N–H and O–H groups in total. The number of rotatable bonds is 4. The number of fused-ring (bicyclic) bond motifs is 2. The summed E-state index contributed by atoms with van der Waals surface area (Å²) in [7, 11) is 0. The molecule has 0 unspecified atom stereocenters. The number of H-pyrrole nitrogens is 1. The van der Waals surface area contributed by atoms with Gasteiger partial charge in [-0.3, -0.25) is 4.79 Å². The SMILES string of the molecule is Cc1ccc2c(c1)c(-n1c(=O)[nH]c3cscc3c1=O)c(C(=O)O)n2Cc1ccc(Cl)s1. The fourth-order valence-corrected chi connectivity index (χ4v) is 5.63. The summed E-state index contributed by atoms with van der Waals surface area (Å²) >= 11 is 8.69. The standard InChI is InChI=1S/C21H14ClN3O4S2/c1-10-2-4-15-12(6-10)17(25-19(26)13-8-30-9-14(13)23-21(25)29)18(20(27)28)24(15)7-11-3-5-16(22)31-11/h2-6,8-9H,7H2,1H3,(H,23,29)(H,27,28). The molecule has 0 saturated carbocycles. The topological polar surface area (TPSA) is 97.1 Å². The predicted octanol–water partition coefficient (Wildman–Crippen LogP) is 4.47. The molecule has 0 radical (unpaired) electrons. The molecule has 0 aliphatic heterocycles. The van der Waals surface area contributed by atoms with Crippen molar-refractivity contribution in [2.75, 3.05) is 0 Å². The molecule has 5 aromatic rings. The molecule has 0 bridgehead atoms. The number of thiophene rings is 2. The summed E-state index contributed by atoms with van der Waals surface area (Å²) in [6.45, 7) is 2.11. The van der Waals surface area contributed by atoms with Crippen LogP contribution in [0.1, 0.15) is 20.9 Å². The molecule has 0 spiro atoms. The first-order chi connectivity index (χ1) is 14.8. The molecule has 0 aliphatic carbocycles. The molecule has 156 valence electrons. The van der Waals surface area contributed by atoms with E-state index in [0.29, 0.717) is 26.1 Å². The van der Waals surface area contributed by atoms with E-state index < -0.39 is 17.2 Å². The molecule has 0 fully saturated rings. The van der Waals surface area contributed by atoms with Crippen LogP contribution < -0.4 is 11.2 Å². The first kappa shape index (κ1) is 19.8. The fourth-order valence-electron chi connectivity index (χ4n) is 3.80. The maximum Gasteiger partial charge on any atom is 0.354 e. The highest BCUT2D eigenvalue weighted by atomic mass is 35.5. The first-order valence-corrected chi connectivity index (χ1v) is 11.3. The molecule has 4 heterocycles. The van der Waals surface area contributed by atoms with Gasteiger partial charge in [-0.25, -0.2) is 14.2 Å². The Morgan fingerprint density at radius 3 is 2.68 bits per heavy atom. The second-order valence-electron chi connectivity index (χ2n) is 7.08. The van der Waals surface area contributed by atoms with Gasteiger partial charge in [0.15, 0.2) is 5.69 Å². The van der Waals surface area contributed by atoms with E-state index in [0.717, 1.165) is 15.0 Å². The summed E-state index contributed by atoms with van der Waals surface area (Å²) in [5.41, 5.74) is 0.615. The highest BCUT2D eigenvalue weighted by Gasteiger charge is 2.27. The number of aromatic nitrogens is 3. The minimum atomic E-state index is -1.23. The maximum atomic E-state index is 13.2. The molecular formula is C21H14ClN3O4S2. The summed E-state index contributed by atoms with van der Waals surface area (Å²) in [4.78, 5) is 42.1. The van der Waals surface area contributed by atoms with Crippen LogP contribution >= 0.6 is 34.3 Å². The summed E-state index contributed by atoms with van der Waals surface area (Å²) in [6, 6.07) is 9.04. The average molecular weight is 472 g/mol. The molecule has 5 rings (SSSR count). The average Bonchev–Trinajstić information content (AvgIpc) is 3.41. The Kier molecular flexibility index (Phi) is 4.62. The summed E-state index contributed by atoms with van der Waals surface area (Å²) in [6.07, 6.45) is 0. The molecule has 0 atom stereocenters. The number of aryl methyl sites for hydroxylation is 1. The Bertz CT molecular complexity index is 1620. The predicted molar refractivity (Wildman–Crippen MR) is 124 cm³/mol. The highest BCUT2D eigenvalue weighted by Crippen LogP contribution is 2.32. The van der Waals surface area contributed by atoms with Gasteiger partial charge in [0.05, 0.1) is 33.0 Å². The molecule has 0 saturated heterocycles. The van der Waals surface area contributed by atoms with Gasteiger partial charge >= 0.3 is 11.7 Å². The van der Waals surface area contributed by atoms with Gasteiger partial charge in [-0.05, 0) is 31.2 Å². The number of carbonyl (C=O) groups is 1. The van der Waals surface area contributed by atoms with E-state index in [-0.39, 0.29) is 17.9 Å². The number of aromatic carboxylic acids is 1. The summed E-state index contributed by atoms with van der Waals surface area (Å²) in [5, 5.41) is 14.3. The van der Waals surface area contributed by atoms with Gasteiger partial charge in [0.25, 0.3) is 5.56 Å². The van der Waals surface area contributed by atoms with Crippen LogP contribution in [0, 0.1) is 6.92 Å². The van der Waals surface area contributed by atoms with Crippen LogP contribution in [-0.2, 0) is 6.54 Å². The zero-order valence-electron chi connectivity index (χ0n) is 16.0. The lowest BCUT2D eigenvalue weighted by atomic mass is 10.1. The van der Waals surface area contributed by atoms with Gasteiger partial charge in [0, 0.05) is 21.0 Å². The van der Waals surface area contributed by atoms with Crippen molar-refractivity contribution >= 4 is 62.0 Å². The second kappa shape index (κ2) is 7.23. The number of hydrogen-bond donors (Lipinski definition) is 2. The second-order valence-corrected chi connectivity index (χ2v) is 9.63. The van der Waals surface area contributed by atoms with Gasteiger partial charge in [-0.2, -0.15) is 0 Å². The number of carboxylic acid groups (broad SMARTS) is 1. The molecule has 4 aromatic heterocycles. The monoisotopic (exact) mass is 471 g/mol. The van der Waals surface area contributed by atoms with Crippen LogP contribution in [0.4, 0.5) is 0 Å². The Balaban J connectivity index is 1.92. The van der Waals surface area contributed by atoms with Crippen molar-refractivity contribution in [1.82, 2.24) is 14.1 Å². The molecule has 10 heteroatoms. The van der Waals surface area contributed by atoms with Crippen molar-refractivity contribution in [2.45, 2.75) is 13.5 Å². The lowest BCUT2D eigenvalue weighted by Gasteiger charge is -2.09. The van der Waals surface area contributed by atoms with E-state index in [1.807, 2.05) is 19.1 Å². The quantitative estimate of drug-likeness (QED) is 0.404. The molecular weight excluding hydrogens is 458 g/mol. The molecule has 0 amide bonds. The Morgan fingerprint density at radius 1 is 1.16 bits per heavy atom. The largest absolute Gasteiger partial charge is 0.477 e. The van der Waals surface area contributed by atoms with Crippen molar-refractivity contribution in [3.05, 3.63) is 82.4 Å². The number of carboxylic acids is 1. The Labute approximate surface area is 187 Å². The zero-order chi connectivity index (χ0) is 21.9. The third-order valence-electron chi connectivity index (χ3n) is 5.10. The number of halogens is 1. The number of benzene rings is 1. The molecule has 1 aromatic carbocycles. The Morgan fingerprint density at radius 2 is 1.97 bits per heavy atom. The van der Waals surface area contributed by atoms with Crippen LogP contribution in [0.3, 0.4) is 0 Å². The van der Waals surface area contributed by atoms with Crippen LogP contribution in [0.2, 0.25) is 4.34 Å². The van der Waals surface area contributed by atoms with E-state index in [4.69, 9.17) is 11.6 Å².